The van der Waals surface area contributed by atoms with Crippen LogP contribution in [0, 0.1) is 0 Å². The lowest BCUT2D eigenvalue weighted by atomic mass is 10.3. The van der Waals surface area contributed by atoms with E-state index in [9.17, 15) is 22.8 Å². The van der Waals surface area contributed by atoms with Crippen LogP contribution in [0.4, 0.5) is 18.3 Å². The van der Waals surface area contributed by atoms with E-state index >= 15 is 0 Å². The van der Waals surface area contributed by atoms with E-state index in [0.29, 0.717) is 10.8 Å². The van der Waals surface area contributed by atoms with Crippen molar-refractivity contribution >= 4 is 45.8 Å². The molecule has 1 amide bonds. The topological polar surface area (TPSA) is 98.5 Å². The monoisotopic (exact) mass is 445 g/mol. The normalized spacial score (nSPS) is 11.6. The van der Waals surface area contributed by atoms with Gasteiger partial charge in [-0.3, -0.25) is 14.0 Å². The number of aromatic nitrogens is 4. The zero-order chi connectivity index (χ0) is 21.0. The highest BCUT2D eigenvalue weighted by Gasteiger charge is 2.31. The van der Waals surface area contributed by atoms with E-state index in [1.54, 1.807) is 12.3 Å². The van der Waals surface area contributed by atoms with Crippen molar-refractivity contribution in [2.24, 2.45) is 0 Å². The highest BCUT2D eigenvalue weighted by atomic mass is 32.2. The van der Waals surface area contributed by atoms with Crippen molar-refractivity contribution in [1.82, 2.24) is 19.6 Å². The maximum Gasteiger partial charge on any atom is 0.417 e. The third kappa shape index (κ3) is 5.44. The molecule has 0 aliphatic heterocycles. The molecule has 0 fully saturated rings. The molecule has 0 atom stereocenters. The fourth-order valence-electron chi connectivity index (χ4n) is 2.23. The number of pyridine rings is 1. The number of fused-ring (bicyclic) bond motifs is 1. The lowest BCUT2D eigenvalue weighted by molar-refractivity contribution is -0.142. The number of carbonyl (C=O) groups is 2. The first-order chi connectivity index (χ1) is 13.8. The molecule has 0 radical (unpaired) electrons. The van der Waals surface area contributed by atoms with Gasteiger partial charge in [0.25, 0.3) is 0 Å². The van der Waals surface area contributed by atoms with Crippen molar-refractivity contribution in [3.05, 3.63) is 35.0 Å². The number of esters is 1. The summed E-state index contributed by atoms with van der Waals surface area (Å²) < 4.78 is 44.6. The number of anilines is 1. The smallest absolute Gasteiger partial charge is 0.417 e. The summed E-state index contributed by atoms with van der Waals surface area (Å²) in [6.07, 6.45) is -3.61. The van der Waals surface area contributed by atoms with Gasteiger partial charge in [-0.25, -0.2) is 4.98 Å². The SMILES string of the molecule is CCOC(=O)Cc1csc(NC(=O)CSc2nnc3ccc(C(F)(F)F)cn23)n1. The minimum atomic E-state index is -4.50. The van der Waals surface area contributed by atoms with Crippen LogP contribution in [-0.4, -0.2) is 43.8 Å². The fourth-order valence-corrected chi connectivity index (χ4v) is 3.67. The maximum absolute atomic E-state index is 12.9. The zero-order valence-electron chi connectivity index (χ0n) is 14.9. The van der Waals surface area contributed by atoms with Crippen molar-refractivity contribution < 1.29 is 27.5 Å². The Balaban J connectivity index is 1.60. The quantitative estimate of drug-likeness (QED) is 0.441. The molecule has 0 bridgehead atoms. The van der Waals surface area contributed by atoms with Crippen LogP contribution in [0.2, 0.25) is 0 Å². The molecule has 13 heteroatoms. The molecule has 3 aromatic heterocycles. The highest BCUT2D eigenvalue weighted by molar-refractivity contribution is 7.99. The van der Waals surface area contributed by atoms with Gasteiger partial charge in [-0.1, -0.05) is 11.8 Å². The standard InChI is InChI=1S/C16H14F3N5O3S2/c1-2-27-13(26)5-10-7-28-14(20-10)21-12(25)8-29-15-23-22-11-4-3-9(6-24(11)15)16(17,18)19/h3-4,6-7H,2,5,8H2,1H3,(H,20,21,25). The van der Waals surface area contributed by atoms with Crippen LogP contribution in [0.5, 0.6) is 0 Å². The van der Waals surface area contributed by atoms with Gasteiger partial charge < -0.3 is 10.1 Å². The molecular weight excluding hydrogens is 431 g/mol. The summed E-state index contributed by atoms with van der Waals surface area (Å²) in [6.45, 7) is 1.97. The average Bonchev–Trinajstić information content (AvgIpc) is 3.25. The molecule has 3 heterocycles. The minimum Gasteiger partial charge on any atom is -0.466 e. The molecule has 3 rings (SSSR count). The third-order valence-corrected chi connectivity index (χ3v) is 5.21. The molecule has 154 valence electrons. The number of carbonyl (C=O) groups excluding carboxylic acids is 2. The second-order valence-corrected chi connectivity index (χ2v) is 7.39. The first kappa shape index (κ1) is 21.0. The van der Waals surface area contributed by atoms with Crippen LogP contribution in [0.25, 0.3) is 5.65 Å². The second-order valence-electron chi connectivity index (χ2n) is 5.59. The highest BCUT2D eigenvalue weighted by Crippen LogP contribution is 2.30. The molecule has 0 spiro atoms. The number of thiazole rings is 1. The van der Waals surface area contributed by atoms with E-state index < -0.39 is 23.6 Å². The van der Waals surface area contributed by atoms with Crippen molar-refractivity contribution in [1.29, 1.82) is 0 Å². The summed E-state index contributed by atoms with van der Waals surface area (Å²) in [5, 5.41) is 12.3. The van der Waals surface area contributed by atoms with Crippen molar-refractivity contribution in [3.8, 4) is 0 Å². The van der Waals surface area contributed by atoms with E-state index in [4.69, 9.17) is 4.74 Å². The minimum absolute atomic E-state index is 0.00222. The van der Waals surface area contributed by atoms with E-state index in [-0.39, 0.29) is 29.6 Å². The molecule has 0 aromatic carbocycles. The molecule has 29 heavy (non-hydrogen) atoms. The van der Waals surface area contributed by atoms with Gasteiger partial charge >= 0.3 is 12.1 Å². The van der Waals surface area contributed by atoms with Gasteiger partial charge in [-0.05, 0) is 19.1 Å². The van der Waals surface area contributed by atoms with Gasteiger partial charge in [0.05, 0.1) is 30.0 Å². The number of halogens is 3. The lowest BCUT2D eigenvalue weighted by Gasteiger charge is -2.07. The predicted molar refractivity (Wildman–Crippen MR) is 99.8 cm³/mol. The summed E-state index contributed by atoms with van der Waals surface area (Å²) in [6, 6.07) is 2.13. The Bertz CT molecular complexity index is 1030. The second kappa shape index (κ2) is 8.78. The van der Waals surface area contributed by atoms with Gasteiger partial charge in [0.2, 0.25) is 5.91 Å². The van der Waals surface area contributed by atoms with Gasteiger partial charge in [-0.2, -0.15) is 13.2 Å². The molecule has 0 saturated carbocycles. The van der Waals surface area contributed by atoms with Crippen LogP contribution in [0.1, 0.15) is 18.2 Å². The summed E-state index contributed by atoms with van der Waals surface area (Å²) >= 11 is 2.09. The number of ether oxygens (including phenoxy) is 1. The van der Waals surface area contributed by atoms with Crippen molar-refractivity contribution in [2.45, 2.75) is 24.7 Å². The maximum atomic E-state index is 12.9. The van der Waals surface area contributed by atoms with Crippen molar-refractivity contribution in [2.75, 3.05) is 17.7 Å². The summed E-state index contributed by atoms with van der Waals surface area (Å²) in [7, 11) is 0. The van der Waals surface area contributed by atoms with Crippen LogP contribution in [0.15, 0.2) is 28.9 Å². The number of hydrogen-bond donors (Lipinski definition) is 1. The summed E-state index contributed by atoms with van der Waals surface area (Å²) in [5.41, 5.74) is -0.128. The first-order valence-corrected chi connectivity index (χ1v) is 10.1. The van der Waals surface area contributed by atoms with Gasteiger partial charge in [0.15, 0.2) is 15.9 Å². The largest absolute Gasteiger partial charge is 0.466 e. The molecule has 0 saturated heterocycles. The van der Waals surface area contributed by atoms with E-state index in [1.807, 2.05) is 0 Å². The number of nitrogens with one attached hydrogen (secondary N) is 1. The number of alkyl halides is 3. The van der Waals surface area contributed by atoms with Gasteiger partial charge in [0, 0.05) is 11.6 Å². The Hall–Kier alpha value is -2.67. The van der Waals surface area contributed by atoms with Crippen LogP contribution in [0.3, 0.4) is 0 Å². The lowest BCUT2D eigenvalue weighted by Crippen LogP contribution is -2.14. The molecule has 1 N–H and O–H groups in total. The Morgan fingerprint density at radius 1 is 1.31 bits per heavy atom. The summed E-state index contributed by atoms with van der Waals surface area (Å²) in [4.78, 5) is 27.7. The Morgan fingerprint density at radius 3 is 2.83 bits per heavy atom. The number of nitrogens with zero attached hydrogens (tertiary/aromatic N) is 4. The number of amides is 1. The van der Waals surface area contributed by atoms with E-state index in [1.165, 1.54) is 10.5 Å². The Morgan fingerprint density at radius 2 is 2.10 bits per heavy atom. The molecule has 8 nitrogen and oxygen atoms in total. The average molecular weight is 445 g/mol. The fraction of sp³-hybridized carbons (Fsp3) is 0.312. The third-order valence-electron chi connectivity index (χ3n) is 3.46. The molecule has 0 aliphatic rings. The van der Waals surface area contributed by atoms with E-state index in [2.05, 4.69) is 20.5 Å². The number of thioether (sulfide) groups is 1. The van der Waals surface area contributed by atoms with E-state index in [0.717, 1.165) is 35.4 Å². The molecule has 0 aliphatic carbocycles. The molecule has 3 aromatic rings. The number of rotatable bonds is 7. The van der Waals surface area contributed by atoms with Crippen LogP contribution >= 0.6 is 23.1 Å². The Kier molecular flexibility index (Phi) is 6.37. The molecule has 0 unspecified atom stereocenters. The number of hydrogen-bond acceptors (Lipinski definition) is 8. The molecular formula is C16H14F3N5O3S2. The predicted octanol–water partition coefficient (Wildman–Crippen LogP) is 3.04. The van der Waals surface area contributed by atoms with Crippen molar-refractivity contribution in [3.63, 3.8) is 0 Å². The first-order valence-electron chi connectivity index (χ1n) is 8.21. The van der Waals surface area contributed by atoms with Crippen LogP contribution in [-0.2, 0) is 26.9 Å². The van der Waals surface area contributed by atoms with Gasteiger partial charge in [-0.15, -0.1) is 21.5 Å². The van der Waals surface area contributed by atoms with Gasteiger partial charge in [0.1, 0.15) is 0 Å². The Labute approximate surface area is 170 Å². The zero-order valence-corrected chi connectivity index (χ0v) is 16.5. The summed E-state index contributed by atoms with van der Waals surface area (Å²) in [5.74, 6) is -0.942. The van der Waals surface area contributed by atoms with Crippen LogP contribution < -0.4 is 5.32 Å².